The Morgan fingerprint density at radius 2 is 1.81 bits per heavy atom. The molecule has 0 radical (unpaired) electrons. The summed E-state index contributed by atoms with van der Waals surface area (Å²) in [6.45, 7) is 3.78. The van der Waals surface area contributed by atoms with Crippen LogP contribution in [0.25, 0.3) is 15.9 Å². The average molecular weight is 476 g/mol. The second-order valence-corrected chi connectivity index (χ2v) is 9.02. The monoisotopic (exact) mass is 475 g/mol. The van der Waals surface area contributed by atoms with Crippen molar-refractivity contribution in [2.24, 2.45) is 0 Å². The SMILES string of the molecule is Cc1sc2c(c1C)c(=O)n(-c1ccc(Cl)c(Cl)c1)c(=O)n2Cc1cccc([N+](=O)[O-])c1. The molecule has 0 atom stereocenters. The summed E-state index contributed by atoms with van der Waals surface area (Å²) in [4.78, 5) is 38.9. The predicted octanol–water partition coefficient (Wildman–Crippen LogP) is 5.09. The van der Waals surface area contributed by atoms with E-state index in [4.69, 9.17) is 23.2 Å². The van der Waals surface area contributed by atoms with E-state index in [2.05, 4.69) is 0 Å². The fourth-order valence-electron chi connectivity index (χ4n) is 3.40. The number of nitro groups is 1. The highest BCUT2D eigenvalue weighted by atomic mass is 35.5. The molecule has 0 saturated heterocycles. The molecule has 0 aliphatic rings. The molecule has 0 N–H and O–H groups in total. The van der Waals surface area contributed by atoms with Gasteiger partial charge in [-0.25, -0.2) is 9.36 Å². The van der Waals surface area contributed by atoms with Gasteiger partial charge >= 0.3 is 5.69 Å². The highest BCUT2D eigenvalue weighted by Crippen LogP contribution is 2.29. The third kappa shape index (κ3) is 3.67. The topological polar surface area (TPSA) is 87.1 Å². The van der Waals surface area contributed by atoms with Crippen LogP contribution in [-0.2, 0) is 6.54 Å². The molecule has 158 valence electrons. The summed E-state index contributed by atoms with van der Waals surface area (Å²) < 4.78 is 2.52. The van der Waals surface area contributed by atoms with Crippen LogP contribution in [0.15, 0.2) is 52.1 Å². The smallest absolute Gasteiger partial charge is 0.279 e. The maximum Gasteiger partial charge on any atom is 0.337 e. The second-order valence-electron chi connectivity index (χ2n) is 7.00. The maximum absolute atomic E-state index is 13.5. The normalized spacial score (nSPS) is 11.2. The summed E-state index contributed by atoms with van der Waals surface area (Å²) >= 11 is 13.5. The van der Waals surface area contributed by atoms with E-state index in [1.165, 1.54) is 40.2 Å². The highest BCUT2D eigenvalue weighted by molar-refractivity contribution is 7.18. The highest BCUT2D eigenvalue weighted by Gasteiger charge is 2.20. The fourth-order valence-corrected chi connectivity index (χ4v) is 4.83. The Morgan fingerprint density at radius 1 is 1.06 bits per heavy atom. The first-order valence-electron chi connectivity index (χ1n) is 9.13. The number of aromatic nitrogens is 2. The van der Waals surface area contributed by atoms with E-state index in [9.17, 15) is 19.7 Å². The zero-order valence-corrected chi connectivity index (χ0v) is 18.7. The number of aryl methyl sites for hydroxylation is 2. The number of halogens is 2. The van der Waals surface area contributed by atoms with E-state index in [-0.39, 0.29) is 17.3 Å². The van der Waals surface area contributed by atoms with Crippen LogP contribution in [0.3, 0.4) is 0 Å². The van der Waals surface area contributed by atoms with Crippen molar-refractivity contribution in [1.82, 2.24) is 9.13 Å². The van der Waals surface area contributed by atoms with Gasteiger partial charge < -0.3 is 0 Å². The number of benzene rings is 2. The Kier molecular flexibility index (Phi) is 5.47. The molecule has 4 aromatic rings. The van der Waals surface area contributed by atoms with Gasteiger partial charge in [0.15, 0.2) is 0 Å². The maximum atomic E-state index is 13.5. The minimum absolute atomic E-state index is 0.0675. The number of nitrogens with zero attached hydrogens (tertiary/aromatic N) is 3. The first kappa shape index (κ1) is 21.3. The molecule has 0 unspecified atom stereocenters. The number of thiophene rings is 1. The molecule has 4 rings (SSSR count). The van der Waals surface area contributed by atoms with Gasteiger partial charge in [-0.3, -0.25) is 19.5 Å². The van der Waals surface area contributed by atoms with Crippen LogP contribution < -0.4 is 11.2 Å². The summed E-state index contributed by atoms with van der Waals surface area (Å²) in [5, 5.41) is 12.1. The zero-order chi connectivity index (χ0) is 22.4. The standard InChI is InChI=1S/C21H15Cl2N3O4S/c1-11-12(2)31-20-18(11)19(27)25(14-6-7-16(22)17(23)9-14)21(28)24(20)10-13-4-3-5-15(8-13)26(29)30/h3-9H,10H2,1-2H3. The van der Waals surface area contributed by atoms with Gasteiger partial charge in [0, 0.05) is 17.0 Å². The van der Waals surface area contributed by atoms with Crippen molar-refractivity contribution < 1.29 is 4.92 Å². The lowest BCUT2D eigenvalue weighted by atomic mass is 10.2. The van der Waals surface area contributed by atoms with E-state index >= 15 is 0 Å². The van der Waals surface area contributed by atoms with Crippen LogP contribution in [0.1, 0.15) is 16.0 Å². The van der Waals surface area contributed by atoms with Gasteiger partial charge in [0.25, 0.3) is 11.2 Å². The molecule has 0 spiro atoms. The summed E-state index contributed by atoms with van der Waals surface area (Å²) in [6.07, 6.45) is 0. The van der Waals surface area contributed by atoms with Gasteiger partial charge in [-0.05, 0) is 43.2 Å². The number of nitro benzene ring substituents is 1. The molecule has 2 heterocycles. The molecule has 2 aromatic carbocycles. The molecule has 10 heteroatoms. The van der Waals surface area contributed by atoms with Crippen molar-refractivity contribution in [3.05, 3.63) is 99.5 Å². The minimum Gasteiger partial charge on any atom is -0.279 e. The Bertz CT molecular complexity index is 1490. The van der Waals surface area contributed by atoms with E-state index in [1.807, 2.05) is 13.8 Å². The average Bonchev–Trinajstić information content (AvgIpc) is 3.03. The predicted molar refractivity (Wildman–Crippen MR) is 123 cm³/mol. The molecule has 0 aliphatic heterocycles. The van der Waals surface area contributed by atoms with Crippen molar-refractivity contribution in [2.75, 3.05) is 0 Å². The lowest BCUT2D eigenvalue weighted by Gasteiger charge is -2.13. The number of rotatable bonds is 4. The van der Waals surface area contributed by atoms with Crippen LogP contribution in [0.5, 0.6) is 0 Å². The van der Waals surface area contributed by atoms with Crippen molar-refractivity contribution in [2.45, 2.75) is 20.4 Å². The van der Waals surface area contributed by atoms with Gasteiger partial charge in [0.05, 0.1) is 32.6 Å². The zero-order valence-electron chi connectivity index (χ0n) is 16.4. The lowest BCUT2D eigenvalue weighted by Crippen LogP contribution is -2.38. The van der Waals surface area contributed by atoms with Gasteiger partial charge in [0.1, 0.15) is 4.83 Å². The molecule has 0 saturated carbocycles. The second kappa shape index (κ2) is 7.96. The molecule has 31 heavy (non-hydrogen) atoms. The van der Waals surface area contributed by atoms with Crippen molar-refractivity contribution in [1.29, 1.82) is 0 Å². The van der Waals surface area contributed by atoms with Crippen molar-refractivity contribution >= 4 is 50.4 Å². The quantitative estimate of drug-likeness (QED) is 0.303. The molecule has 0 aliphatic carbocycles. The lowest BCUT2D eigenvalue weighted by molar-refractivity contribution is -0.384. The van der Waals surface area contributed by atoms with Crippen LogP contribution >= 0.6 is 34.5 Å². The Hall–Kier alpha value is -2.94. The van der Waals surface area contributed by atoms with E-state index in [0.717, 1.165) is 15.0 Å². The van der Waals surface area contributed by atoms with E-state index in [0.29, 0.717) is 26.5 Å². The Labute approximate surface area is 189 Å². The van der Waals surface area contributed by atoms with Crippen molar-refractivity contribution in [3.63, 3.8) is 0 Å². The van der Waals surface area contributed by atoms with Crippen LogP contribution in [-0.4, -0.2) is 14.1 Å². The number of fused-ring (bicyclic) bond motifs is 1. The first-order chi connectivity index (χ1) is 14.7. The molecule has 0 bridgehead atoms. The molecular formula is C21H15Cl2N3O4S. The molecule has 2 aromatic heterocycles. The van der Waals surface area contributed by atoms with Crippen LogP contribution in [0, 0.1) is 24.0 Å². The summed E-state index contributed by atoms with van der Waals surface area (Å²) in [5.74, 6) is 0. The summed E-state index contributed by atoms with van der Waals surface area (Å²) in [5.41, 5.74) is 0.562. The molecule has 0 amide bonds. The van der Waals surface area contributed by atoms with Gasteiger partial charge in [-0.1, -0.05) is 35.3 Å². The third-order valence-electron chi connectivity index (χ3n) is 5.07. The van der Waals surface area contributed by atoms with Crippen molar-refractivity contribution in [3.8, 4) is 5.69 Å². The summed E-state index contributed by atoms with van der Waals surface area (Å²) in [6, 6.07) is 10.6. The summed E-state index contributed by atoms with van der Waals surface area (Å²) in [7, 11) is 0. The van der Waals surface area contributed by atoms with E-state index in [1.54, 1.807) is 18.2 Å². The van der Waals surface area contributed by atoms with Crippen LogP contribution in [0.4, 0.5) is 5.69 Å². The van der Waals surface area contributed by atoms with E-state index < -0.39 is 16.2 Å². The molecular weight excluding hydrogens is 461 g/mol. The largest absolute Gasteiger partial charge is 0.337 e. The van der Waals surface area contributed by atoms with Gasteiger partial charge in [0.2, 0.25) is 0 Å². The Morgan fingerprint density at radius 3 is 2.48 bits per heavy atom. The van der Waals surface area contributed by atoms with Crippen LogP contribution in [0.2, 0.25) is 10.0 Å². The first-order valence-corrected chi connectivity index (χ1v) is 10.7. The number of hydrogen-bond donors (Lipinski definition) is 0. The fraction of sp³-hybridized carbons (Fsp3) is 0.143. The molecule has 7 nitrogen and oxygen atoms in total. The number of non-ortho nitro benzene ring substituents is 1. The minimum atomic E-state index is -0.566. The molecule has 0 fully saturated rings. The third-order valence-corrected chi connectivity index (χ3v) is 7.04. The van der Waals surface area contributed by atoms with Gasteiger partial charge in [-0.2, -0.15) is 0 Å². The number of hydrogen-bond acceptors (Lipinski definition) is 5. The Balaban J connectivity index is 2.03. The van der Waals surface area contributed by atoms with Gasteiger partial charge in [-0.15, -0.1) is 11.3 Å².